The third-order valence-corrected chi connectivity index (χ3v) is 3.71. The molecule has 1 heterocycles. The molecule has 5 heteroatoms. The Morgan fingerprint density at radius 3 is 2.89 bits per heavy atom. The number of carbonyl (C=O) groups is 1. The normalized spacial score (nSPS) is 21.2. The summed E-state index contributed by atoms with van der Waals surface area (Å²) in [6.45, 7) is 4.95. The Bertz CT molecular complexity index is 478. The Hall–Kier alpha value is -1.62. The highest BCUT2D eigenvalue weighted by Gasteiger charge is 2.27. The fourth-order valence-electron chi connectivity index (χ4n) is 2.30. The van der Waals surface area contributed by atoms with Crippen molar-refractivity contribution in [3.05, 3.63) is 29.6 Å². The van der Waals surface area contributed by atoms with Gasteiger partial charge >= 0.3 is 0 Å². The maximum Gasteiger partial charge on any atom is 0.242 e. The van der Waals surface area contributed by atoms with Crippen LogP contribution in [-0.2, 0) is 4.79 Å². The quantitative estimate of drug-likeness (QED) is 0.869. The molecule has 1 aromatic rings. The Labute approximate surface area is 113 Å². The fraction of sp³-hybridized carbons (Fsp3) is 0.500. The van der Waals surface area contributed by atoms with Gasteiger partial charge in [-0.3, -0.25) is 4.79 Å². The summed E-state index contributed by atoms with van der Waals surface area (Å²) in [7, 11) is 1.84. The first-order chi connectivity index (χ1) is 9.04. The summed E-state index contributed by atoms with van der Waals surface area (Å²) < 4.78 is 14.2. The summed E-state index contributed by atoms with van der Waals surface area (Å²) in [4.78, 5) is 13.4. The summed E-state index contributed by atoms with van der Waals surface area (Å²) >= 11 is 0. The van der Waals surface area contributed by atoms with Gasteiger partial charge in [-0.05, 0) is 38.6 Å². The van der Waals surface area contributed by atoms with Crippen LogP contribution in [0.15, 0.2) is 18.2 Å². The second-order valence-corrected chi connectivity index (χ2v) is 4.88. The molecule has 1 amide bonds. The van der Waals surface area contributed by atoms with Gasteiger partial charge in [-0.2, -0.15) is 0 Å². The molecule has 0 aliphatic carbocycles. The summed E-state index contributed by atoms with van der Waals surface area (Å²) in [6.07, 6.45) is 0. The molecule has 0 saturated carbocycles. The van der Waals surface area contributed by atoms with Gasteiger partial charge in [0.25, 0.3) is 0 Å². The van der Waals surface area contributed by atoms with Crippen molar-refractivity contribution in [2.24, 2.45) is 0 Å². The van der Waals surface area contributed by atoms with Gasteiger partial charge in [0.1, 0.15) is 11.9 Å². The van der Waals surface area contributed by atoms with E-state index in [1.165, 1.54) is 6.07 Å². The lowest BCUT2D eigenvalue weighted by Gasteiger charge is -2.35. The number of hydrogen-bond donors (Lipinski definition) is 2. The third-order valence-electron chi connectivity index (χ3n) is 3.71. The average Bonchev–Trinajstić information content (AvgIpc) is 2.41. The molecular weight excluding hydrogens is 245 g/mol. The molecule has 2 N–H and O–H groups in total. The van der Waals surface area contributed by atoms with Crippen LogP contribution in [0.25, 0.3) is 0 Å². The highest BCUT2D eigenvalue weighted by atomic mass is 19.1. The van der Waals surface area contributed by atoms with Crippen LogP contribution in [0.3, 0.4) is 0 Å². The molecule has 2 atom stereocenters. The lowest BCUT2D eigenvalue weighted by atomic mass is 10.1. The summed E-state index contributed by atoms with van der Waals surface area (Å²) in [5.74, 6) is -0.334. The molecule has 1 saturated heterocycles. The van der Waals surface area contributed by atoms with Crippen molar-refractivity contribution in [1.29, 1.82) is 0 Å². The van der Waals surface area contributed by atoms with Crippen LogP contribution < -0.4 is 15.5 Å². The molecule has 1 aromatic carbocycles. The van der Waals surface area contributed by atoms with E-state index < -0.39 is 0 Å². The fourth-order valence-corrected chi connectivity index (χ4v) is 2.30. The second-order valence-electron chi connectivity index (χ2n) is 4.88. The number of piperazine rings is 1. The first kappa shape index (κ1) is 13.8. The van der Waals surface area contributed by atoms with Crippen molar-refractivity contribution in [2.45, 2.75) is 25.9 Å². The van der Waals surface area contributed by atoms with Crippen LogP contribution in [0.2, 0.25) is 0 Å². The van der Waals surface area contributed by atoms with E-state index >= 15 is 0 Å². The maximum absolute atomic E-state index is 14.2. The van der Waals surface area contributed by atoms with Crippen molar-refractivity contribution in [1.82, 2.24) is 10.6 Å². The molecule has 2 rings (SSSR count). The number of hydrogen-bond acceptors (Lipinski definition) is 3. The van der Waals surface area contributed by atoms with Crippen molar-refractivity contribution in [3.63, 3.8) is 0 Å². The third kappa shape index (κ3) is 2.71. The molecule has 0 spiro atoms. The van der Waals surface area contributed by atoms with Gasteiger partial charge in [0.05, 0.1) is 5.69 Å². The van der Waals surface area contributed by atoms with Crippen molar-refractivity contribution in [2.75, 3.05) is 25.0 Å². The van der Waals surface area contributed by atoms with Gasteiger partial charge in [0.2, 0.25) is 5.91 Å². The molecule has 1 aliphatic rings. The SMILES string of the molecule is CNC(C)c1ccc(N2CCNC(=O)C2C)c(F)c1. The zero-order valence-corrected chi connectivity index (χ0v) is 11.5. The van der Waals surface area contributed by atoms with Crippen LogP contribution in [0.5, 0.6) is 0 Å². The number of benzene rings is 1. The lowest BCUT2D eigenvalue weighted by molar-refractivity contribution is -0.122. The molecule has 1 fully saturated rings. The van der Waals surface area contributed by atoms with E-state index in [1.807, 2.05) is 24.9 Å². The number of halogens is 1. The van der Waals surface area contributed by atoms with Gasteiger partial charge < -0.3 is 15.5 Å². The molecule has 2 unspecified atom stereocenters. The number of anilines is 1. The minimum atomic E-state index is -0.337. The predicted octanol–water partition coefficient (Wildman–Crippen LogP) is 1.43. The van der Waals surface area contributed by atoms with E-state index in [9.17, 15) is 9.18 Å². The number of rotatable bonds is 3. The van der Waals surface area contributed by atoms with Crippen molar-refractivity contribution < 1.29 is 9.18 Å². The van der Waals surface area contributed by atoms with Crippen molar-refractivity contribution >= 4 is 11.6 Å². The van der Waals surface area contributed by atoms with Gasteiger partial charge in [-0.25, -0.2) is 4.39 Å². The molecular formula is C14H20FN3O. The van der Waals surface area contributed by atoms with Crippen LogP contribution in [0, 0.1) is 5.82 Å². The molecule has 1 aliphatic heterocycles. The summed E-state index contributed by atoms with van der Waals surface area (Å²) in [5, 5.41) is 5.86. The number of nitrogens with zero attached hydrogens (tertiary/aromatic N) is 1. The van der Waals surface area contributed by atoms with E-state index in [4.69, 9.17) is 0 Å². The molecule has 0 aromatic heterocycles. The largest absolute Gasteiger partial charge is 0.356 e. The Kier molecular flexibility index (Phi) is 4.04. The van der Waals surface area contributed by atoms with Crippen LogP contribution in [0.4, 0.5) is 10.1 Å². The zero-order valence-electron chi connectivity index (χ0n) is 11.5. The van der Waals surface area contributed by atoms with E-state index in [1.54, 1.807) is 13.0 Å². The smallest absolute Gasteiger partial charge is 0.242 e. The lowest BCUT2D eigenvalue weighted by Crippen LogP contribution is -2.54. The van der Waals surface area contributed by atoms with Gasteiger partial charge in [0.15, 0.2) is 0 Å². The number of amides is 1. The van der Waals surface area contributed by atoms with E-state index in [0.717, 1.165) is 5.56 Å². The van der Waals surface area contributed by atoms with E-state index in [0.29, 0.717) is 18.8 Å². The minimum Gasteiger partial charge on any atom is -0.356 e. The first-order valence-corrected chi connectivity index (χ1v) is 6.55. The second kappa shape index (κ2) is 5.57. The molecule has 19 heavy (non-hydrogen) atoms. The van der Waals surface area contributed by atoms with Crippen LogP contribution >= 0.6 is 0 Å². The minimum absolute atomic E-state index is 0.0571. The Morgan fingerprint density at radius 1 is 1.53 bits per heavy atom. The monoisotopic (exact) mass is 265 g/mol. The van der Waals surface area contributed by atoms with E-state index in [-0.39, 0.29) is 23.8 Å². The Morgan fingerprint density at radius 2 is 2.26 bits per heavy atom. The molecule has 0 bridgehead atoms. The van der Waals surface area contributed by atoms with Gasteiger partial charge in [-0.1, -0.05) is 6.07 Å². The zero-order chi connectivity index (χ0) is 14.0. The number of nitrogens with one attached hydrogen (secondary N) is 2. The molecule has 104 valence electrons. The maximum atomic E-state index is 14.2. The highest BCUT2D eigenvalue weighted by Crippen LogP contribution is 2.25. The first-order valence-electron chi connectivity index (χ1n) is 6.55. The highest BCUT2D eigenvalue weighted by molar-refractivity contribution is 5.86. The topological polar surface area (TPSA) is 44.4 Å². The van der Waals surface area contributed by atoms with E-state index in [2.05, 4.69) is 10.6 Å². The Balaban J connectivity index is 2.28. The van der Waals surface area contributed by atoms with Crippen LogP contribution in [0.1, 0.15) is 25.5 Å². The summed E-state index contributed by atoms with van der Waals surface area (Å²) in [6, 6.07) is 4.96. The van der Waals surface area contributed by atoms with Crippen LogP contribution in [-0.4, -0.2) is 32.1 Å². The average molecular weight is 265 g/mol. The molecule has 4 nitrogen and oxygen atoms in total. The number of carbonyl (C=O) groups excluding carboxylic acids is 1. The predicted molar refractivity (Wildman–Crippen MR) is 73.7 cm³/mol. The van der Waals surface area contributed by atoms with Gasteiger partial charge in [0, 0.05) is 19.1 Å². The standard InChI is InChI=1S/C14H20FN3O/c1-9(16-3)11-4-5-13(12(15)8-11)18-7-6-17-14(19)10(18)2/h4-5,8-10,16H,6-7H2,1-3H3,(H,17,19). The van der Waals surface area contributed by atoms with Gasteiger partial charge in [-0.15, -0.1) is 0 Å². The van der Waals surface area contributed by atoms with Crippen molar-refractivity contribution in [3.8, 4) is 0 Å². The summed E-state index contributed by atoms with van der Waals surface area (Å²) in [5.41, 5.74) is 1.40. The molecule has 0 radical (unpaired) electrons.